The van der Waals surface area contributed by atoms with Gasteiger partial charge in [-0.15, -0.1) is 0 Å². The van der Waals surface area contributed by atoms with Crippen LogP contribution in [-0.4, -0.2) is 22.1 Å². The molecule has 0 bridgehead atoms. The Morgan fingerprint density at radius 2 is 2.21 bits per heavy atom. The highest BCUT2D eigenvalue weighted by Crippen LogP contribution is 2.04. The fourth-order valence-corrected chi connectivity index (χ4v) is 1.48. The molecular formula is C11H21N3. The Bertz CT molecular complexity index is 278. The molecule has 0 saturated heterocycles. The number of rotatable bonds is 5. The topological polar surface area (TPSA) is 29.9 Å². The molecule has 0 aromatic carbocycles. The normalized spacial score (nSPS) is 13.1. The van der Waals surface area contributed by atoms with E-state index in [0.717, 1.165) is 18.8 Å². The number of aromatic nitrogens is 2. The van der Waals surface area contributed by atoms with Gasteiger partial charge < -0.3 is 9.88 Å². The van der Waals surface area contributed by atoms with Crippen LogP contribution in [0.5, 0.6) is 0 Å². The highest BCUT2D eigenvalue weighted by atomic mass is 15.1. The highest BCUT2D eigenvalue weighted by Gasteiger charge is 2.05. The van der Waals surface area contributed by atoms with Crippen molar-refractivity contribution in [3.63, 3.8) is 0 Å². The lowest BCUT2D eigenvalue weighted by Gasteiger charge is -2.14. The molecule has 1 atom stereocenters. The molecule has 1 heterocycles. The van der Waals surface area contributed by atoms with Crippen LogP contribution >= 0.6 is 0 Å². The van der Waals surface area contributed by atoms with Gasteiger partial charge in [0.15, 0.2) is 0 Å². The lowest BCUT2D eigenvalue weighted by molar-refractivity contribution is 0.472. The summed E-state index contributed by atoms with van der Waals surface area (Å²) in [7, 11) is 0. The van der Waals surface area contributed by atoms with Gasteiger partial charge in [0.1, 0.15) is 0 Å². The van der Waals surface area contributed by atoms with E-state index >= 15 is 0 Å². The van der Waals surface area contributed by atoms with Gasteiger partial charge in [0.25, 0.3) is 0 Å². The van der Waals surface area contributed by atoms with Gasteiger partial charge in [-0.25, -0.2) is 4.98 Å². The van der Waals surface area contributed by atoms with Crippen molar-refractivity contribution in [1.29, 1.82) is 0 Å². The molecule has 14 heavy (non-hydrogen) atoms. The molecule has 1 aromatic rings. The van der Waals surface area contributed by atoms with Crippen LogP contribution in [-0.2, 0) is 6.54 Å². The van der Waals surface area contributed by atoms with Crippen molar-refractivity contribution in [3.05, 3.63) is 17.7 Å². The molecule has 0 aliphatic rings. The summed E-state index contributed by atoms with van der Waals surface area (Å²) >= 11 is 0. The molecule has 3 heteroatoms. The fraction of sp³-hybridized carbons (Fsp3) is 0.727. The molecule has 3 nitrogen and oxygen atoms in total. The van der Waals surface area contributed by atoms with Crippen molar-refractivity contribution in [2.24, 2.45) is 0 Å². The van der Waals surface area contributed by atoms with Crippen LogP contribution in [0.25, 0.3) is 0 Å². The maximum atomic E-state index is 4.28. The smallest absolute Gasteiger partial charge is 0.0951 e. The lowest BCUT2D eigenvalue weighted by atomic mass is 10.3. The standard InChI is InChI=1S/C11H21N3/c1-5-6-12-9(2)7-14-8-13-10(3)11(14)4/h8-9,12H,5-7H2,1-4H3. The zero-order valence-electron chi connectivity index (χ0n) is 9.67. The molecule has 0 saturated carbocycles. The predicted octanol–water partition coefficient (Wildman–Crippen LogP) is 1.89. The van der Waals surface area contributed by atoms with E-state index in [-0.39, 0.29) is 0 Å². The van der Waals surface area contributed by atoms with Gasteiger partial charge in [-0.3, -0.25) is 0 Å². The van der Waals surface area contributed by atoms with Gasteiger partial charge in [0, 0.05) is 18.3 Å². The Hall–Kier alpha value is -0.830. The summed E-state index contributed by atoms with van der Waals surface area (Å²) in [6.45, 7) is 10.7. The summed E-state index contributed by atoms with van der Waals surface area (Å²) in [5.74, 6) is 0. The first-order chi connectivity index (χ1) is 6.65. The third kappa shape index (κ3) is 2.84. The lowest BCUT2D eigenvalue weighted by Crippen LogP contribution is -2.31. The number of hydrogen-bond acceptors (Lipinski definition) is 2. The van der Waals surface area contributed by atoms with E-state index in [9.17, 15) is 0 Å². The molecule has 0 aliphatic heterocycles. The summed E-state index contributed by atoms with van der Waals surface area (Å²) in [4.78, 5) is 4.28. The quantitative estimate of drug-likeness (QED) is 0.777. The molecule has 1 unspecified atom stereocenters. The third-order valence-electron chi connectivity index (χ3n) is 2.56. The number of nitrogens with zero attached hydrogens (tertiary/aromatic N) is 2. The summed E-state index contributed by atoms with van der Waals surface area (Å²) in [5.41, 5.74) is 2.41. The van der Waals surface area contributed by atoms with Gasteiger partial charge in [-0.1, -0.05) is 6.92 Å². The largest absolute Gasteiger partial charge is 0.333 e. The molecule has 0 amide bonds. The first-order valence-electron chi connectivity index (χ1n) is 5.36. The van der Waals surface area contributed by atoms with E-state index in [1.165, 1.54) is 12.1 Å². The summed E-state index contributed by atoms with van der Waals surface area (Å²) in [5, 5.41) is 3.47. The molecule has 0 fully saturated rings. The van der Waals surface area contributed by atoms with Crippen LogP contribution in [0.15, 0.2) is 6.33 Å². The number of nitrogens with one attached hydrogen (secondary N) is 1. The minimum absolute atomic E-state index is 0.516. The highest BCUT2D eigenvalue weighted by molar-refractivity contribution is 5.08. The molecule has 0 aliphatic carbocycles. The minimum Gasteiger partial charge on any atom is -0.333 e. The second-order valence-electron chi connectivity index (χ2n) is 3.92. The van der Waals surface area contributed by atoms with Crippen molar-refractivity contribution < 1.29 is 0 Å². The fourth-order valence-electron chi connectivity index (χ4n) is 1.48. The molecule has 1 aromatic heterocycles. The number of imidazole rings is 1. The Labute approximate surface area is 86.5 Å². The van der Waals surface area contributed by atoms with Crippen molar-refractivity contribution in [3.8, 4) is 0 Å². The number of hydrogen-bond donors (Lipinski definition) is 1. The van der Waals surface area contributed by atoms with Crippen LogP contribution in [0.1, 0.15) is 31.7 Å². The minimum atomic E-state index is 0.516. The van der Waals surface area contributed by atoms with E-state index in [2.05, 4.69) is 42.6 Å². The molecule has 0 radical (unpaired) electrons. The Morgan fingerprint density at radius 3 is 2.71 bits per heavy atom. The second kappa shape index (κ2) is 5.15. The van der Waals surface area contributed by atoms with Crippen molar-refractivity contribution in [2.45, 2.75) is 46.7 Å². The average molecular weight is 195 g/mol. The zero-order valence-corrected chi connectivity index (χ0v) is 9.67. The molecule has 0 spiro atoms. The van der Waals surface area contributed by atoms with E-state index in [4.69, 9.17) is 0 Å². The van der Waals surface area contributed by atoms with E-state index in [1.807, 2.05) is 6.33 Å². The molecule has 1 rings (SSSR count). The maximum absolute atomic E-state index is 4.28. The molecule has 1 N–H and O–H groups in total. The van der Waals surface area contributed by atoms with E-state index < -0.39 is 0 Å². The second-order valence-corrected chi connectivity index (χ2v) is 3.92. The van der Waals surface area contributed by atoms with Crippen LogP contribution < -0.4 is 5.32 Å². The average Bonchev–Trinajstić information content (AvgIpc) is 2.46. The van der Waals surface area contributed by atoms with Crippen LogP contribution in [0.3, 0.4) is 0 Å². The van der Waals surface area contributed by atoms with Crippen molar-refractivity contribution in [1.82, 2.24) is 14.9 Å². The zero-order chi connectivity index (χ0) is 10.6. The number of aryl methyl sites for hydroxylation is 1. The Kier molecular flexibility index (Phi) is 4.14. The Balaban J connectivity index is 2.47. The van der Waals surface area contributed by atoms with E-state index in [0.29, 0.717) is 6.04 Å². The van der Waals surface area contributed by atoms with Gasteiger partial charge in [0.2, 0.25) is 0 Å². The van der Waals surface area contributed by atoms with Crippen LogP contribution in [0, 0.1) is 13.8 Å². The summed E-state index contributed by atoms with van der Waals surface area (Å²) in [6.07, 6.45) is 3.11. The van der Waals surface area contributed by atoms with Gasteiger partial charge >= 0.3 is 0 Å². The van der Waals surface area contributed by atoms with Gasteiger partial charge in [0.05, 0.1) is 12.0 Å². The van der Waals surface area contributed by atoms with Gasteiger partial charge in [-0.05, 0) is 33.7 Å². The van der Waals surface area contributed by atoms with Crippen molar-refractivity contribution in [2.75, 3.05) is 6.54 Å². The molecule has 80 valence electrons. The van der Waals surface area contributed by atoms with Crippen LogP contribution in [0.4, 0.5) is 0 Å². The first-order valence-corrected chi connectivity index (χ1v) is 5.36. The van der Waals surface area contributed by atoms with E-state index in [1.54, 1.807) is 0 Å². The third-order valence-corrected chi connectivity index (χ3v) is 2.56. The maximum Gasteiger partial charge on any atom is 0.0951 e. The summed E-state index contributed by atoms with van der Waals surface area (Å²) in [6, 6.07) is 0.516. The SMILES string of the molecule is CCCNC(C)Cn1cnc(C)c1C. The predicted molar refractivity (Wildman–Crippen MR) is 59.5 cm³/mol. The van der Waals surface area contributed by atoms with Crippen molar-refractivity contribution >= 4 is 0 Å². The molecular weight excluding hydrogens is 174 g/mol. The van der Waals surface area contributed by atoms with Gasteiger partial charge in [-0.2, -0.15) is 0 Å². The first kappa shape index (κ1) is 11.2. The monoisotopic (exact) mass is 195 g/mol. The Morgan fingerprint density at radius 1 is 1.50 bits per heavy atom. The summed E-state index contributed by atoms with van der Waals surface area (Å²) < 4.78 is 2.21. The van der Waals surface area contributed by atoms with Crippen LogP contribution in [0.2, 0.25) is 0 Å².